The number of hydrogen-bond acceptors (Lipinski definition) is 3. The molecule has 0 amide bonds. The van der Waals surface area contributed by atoms with Gasteiger partial charge in [-0.3, -0.25) is 0 Å². The fourth-order valence-electron chi connectivity index (χ4n) is 1.71. The minimum atomic E-state index is 0.111. The molecule has 0 aromatic carbocycles. The summed E-state index contributed by atoms with van der Waals surface area (Å²) in [5, 5.41) is 3.34. The highest BCUT2D eigenvalue weighted by atomic mass is 16.5. The van der Waals surface area contributed by atoms with Gasteiger partial charge in [-0.25, -0.2) is 0 Å². The molecule has 1 heterocycles. The molecule has 1 aliphatic rings. The summed E-state index contributed by atoms with van der Waals surface area (Å²) < 4.78 is 10.8. The van der Waals surface area contributed by atoms with Gasteiger partial charge >= 0.3 is 0 Å². The van der Waals surface area contributed by atoms with E-state index in [2.05, 4.69) is 11.9 Å². The summed E-state index contributed by atoms with van der Waals surface area (Å²) in [6.45, 7) is 5.45. The first-order valence-corrected chi connectivity index (χ1v) is 5.07. The molecule has 14 heavy (non-hydrogen) atoms. The molecule has 2 atom stereocenters. The van der Waals surface area contributed by atoms with Crippen molar-refractivity contribution in [2.45, 2.75) is 31.3 Å². The van der Waals surface area contributed by atoms with Crippen LogP contribution in [0.15, 0.2) is 12.3 Å². The molecular formula is C10H18BNO2. The third-order valence-electron chi connectivity index (χ3n) is 2.46. The monoisotopic (exact) mass is 195 g/mol. The lowest BCUT2D eigenvalue weighted by Gasteiger charge is -2.32. The van der Waals surface area contributed by atoms with Crippen LogP contribution < -0.4 is 5.32 Å². The van der Waals surface area contributed by atoms with Crippen molar-refractivity contribution in [2.75, 3.05) is 20.3 Å². The molecule has 0 saturated carbocycles. The molecule has 1 rings (SSSR count). The van der Waals surface area contributed by atoms with Gasteiger partial charge in [-0.2, -0.15) is 0 Å². The predicted molar refractivity (Wildman–Crippen MR) is 57.5 cm³/mol. The Bertz CT molecular complexity index is 187. The Labute approximate surface area is 87.3 Å². The third kappa shape index (κ3) is 3.03. The van der Waals surface area contributed by atoms with Crippen LogP contribution in [-0.2, 0) is 9.47 Å². The second-order valence-electron chi connectivity index (χ2n) is 3.44. The maximum Gasteiger partial charge on any atom is 0.108 e. The molecule has 1 aliphatic heterocycles. The largest absolute Gasteiger partial charge is 0.500 e. The van der Waals surface area contributed by atoms with Crippen molar-refractivity contribution in [3.63, 3.8) is 0 Å². The first-order chi connectivity index (χ1) is 6.79. The van der Waals surface area contributed by atoms with Crippen molar-refractivity contribution in [1.82, 2.24) is 5.32 Å². The second-order valence-corrected chi connectivity index (χ2v) is 3.44. The van der Waals surface area contributed by atoms with Gasteiger partial charge in [-0.05, 0) is 19.4 Å². The Balaban J connectivity index is 2.45. The molecule has 0 spiro atoms. The minimum Gasteiger partial charge on any atom is -0.500 e. The predicted octanol–water partition coefficient (Wildman–Crippen LogP) is 0.870. The van der Waals surface area contributed by atoms with Crippen LogP contribution >= 0.6 is 0 Å². The van der Waals surface area contributed by atoms with Crippen molar-refractivity contribution < 1.29 is 9.47 Å². The number of piperidine rings is 1. The first kappa shape index (κ1) is 11.6. The Kier molecular flexibility index (Phi) is 5.05. The molecule has 3 nitrogen and oxygen atoms in total. The molecule has 0 aromatic rings. The van der Waals surface area contributed by atoms with E-state index in [1.165, 1.54) is 0 Å². The lowest BCUT2D eigenvalue weighted by molar-refractivity contribution is 0.0118. The van der Waals surface area contributed by atoms with Gasteiger partial charge in [0.15, 0.2) is 0 Å². The highest BCUT2D eigenvalue weighted by Gasteiger charge is 2.27. The van der Waals surface area contributed by atoms with Crippen LogP contribution in [0.3, 0.4) is 0 Å². The van der Waals surface area contributed by atoms with Crippen molar-refractivity contribution in [3.05, 3.63) is 12.3 Å². The zero-order chi connectivity index (χ0) is 10.4. The molecular weight excluding hydrogens is 177 g/mol. The molecule has 1 N–H and O–H groups in total. The number of methoxy groups -OCH3 is 1. The van der Waals surface area contributed by atoms with E-state index < -0.39 is 0 Å². The fourth-order valence-corrected chi connectivity index (χ4v) is 1.71. The van der Waals surface area contributed by atoms with E-state index in [0.29, 0.717) is 12.9 Å². The summed E-state index contributed by atoms with van der Waals surface area (Å²) in [7, 11) is 7.04. The van der Waals surface area contributed by atoms with Crippen LogP contribution in [-0.4, -0.2) is 40.3 Å². The standard InChI is InChI=1S/C10H18BNO2/c1-8(13-2)10-9(14-7-5-11)4-3-6-12-10/h9-10,12H,1,3-7H2,2H3. The molecule has 0 bridgehead atoms. The van der Waals surface area contributed by atoms with Crippen LogP contribution in [0, 0.1) is 0 Å². The average molecular weight is 195 g/mol. The lowest BCUT2D eigenvalue weighted by atomic mass is 9.99. The molecule has 0 aromatic heterocycles. The van der Waals surface area contributed by atoms with E-state index in [4.69, 9.17) is 17.3 Å². The SMILES string of the molecule is [B]CCOC1CCCNC1C(=C)OC. The summed E-state index contributed by atoms with van der Waals surface area (Å²) in [6.07, 6.45) is 2.88. The number of rotatable bonds is 5. The lowest BCUT2D eigenvalue weighted by Crippen LogP contribution is -2.47. The zero-order valence-electron chi connectivity index (χ0n) is 8.79. The van der Waals surface area contributed by atoms with E-state index in [0.717, 1.165) is 25.1 Å². The zero-order valence-corrected chi connectivity index (χ0v) is 8.79. The van der Waals surface area contributed by atoms with Gasteiger partial charge in [-0.1, -0.05) is 12.9 Å². The highest BCUT2D eigenvalue weighted by molar-refractivity contribution is 6.08. The summed E-state index contributed by atoms with van der Waals surface area (Å²) >= 11 is 0. The molecule has 4 heteroatoms. The minimum absolute atomic E-state index is 0.111. The number of nitrogens with one attached hydrogen (secondary N) is 1. The second kappa shape index (κ2) is 6.09. The summed E-state index contributed by atoms with van der Waals surface area (Å²) in [6, 6.07) is 0.111. The number of ether oxygens (including phenoxy) is 2. The Morgan fingerprint density at radius 2 is 2.43 bits per heavy atom. The Morgan fingerprint density at radius 3 is 3.07 bits per heavy atom. The van der Waals surface area contributed by atoms with E-state index in [1.807, 2.05) is 0 Å². The number of hydrogen-bond donors (Lipinski definition) is 1. The molecule has 78 valence electrons. The van der Waals surface area contributed by atoms with Crippen LogP contribution in [0.5, 0.6) is 0 Å². The highest BCUT2D eigenvalue weighted by Crippen LogP contribution is 2.18. The van der Waals surface area contributed by atoms with E-state index in [1.54, 1.807) is 7.11 Å². The van der Waals surface area contributed by atoms with Gasteiger partial charge in [-0.15, -0.1) is 0 Å². The fraction of sp³-hybridized carbons (Fsp3) is 0.800. The average Bonchev–Trinajstić information content (AvgIpc) is 2.25. The van der Waals surface area contributed by atoms with Crippen molar-refractivity contribution in [3.8, 4) is 0 Å². The molecule has 1 fully saturated rings. The molecule has 1 saturated heterocycles. The van der Waals surface area contributed by atoms with Gasteiger partial charge in [0.1, 0.15) is 5.76 Å². The smallest absolute Gasteiger partial charge is 0.108 e. The van der Waals surface area contributed by atoms with E-state index in [-0.39, 0.29) is 12.1 Å². The van der Waals surface area contributed by atoms with Crippen LogP contribution in [0.25, 0.3) is 0 Å². The normalized spacial score (nSPS) is 27.2. The molecule has 2 radical (unpaired) electrons. The molecule has 2 unspecified atom stereocenters. The maximum atomic E-state index is 5.64. The van der Waals surface area contributed by atoms with Gasteiger partial charge in [0.2, 0.25) is 0 Å². The Morgan fingerprint density at radius 1 is 1.64 bits per heavy atom. The van der Waals surface area contributed by atoms with Crippen molar-refractivity contribution in [1.29, 1.82) is 0 Å². The van der Waals surface area contributed by atoms with Crippen LogP contribution in [0.2, 0.25) is 6.32 Å². The van der Waals surface area contributed by atoms with Crippen molar-refractivity contribution in [2.24, 2.45) is 0 Å². The van der Waals surface area contributed by atoms with Crippen molar-refractivity contribution >= 4 is 7.85 Å². The van der Waals surface area contributed by atoms with Crippen LogP contribution in [0.4, 0.5) is 0 Å². The van der Waals surface area contributed by atoms with Crippen LogP contribution in [0.1, 0.15) is 12.8 Å². The van der Waals surface area contributed by atoms with Gasteiger partial charge in [0.25, 0.3) is 0 Å². The quantitative estimate of drug-likeness (QED) is 0.521. The maximum absolute atomic E-state index is 5.64. The topological polar surface area (TPSA) is 30.5 Å². The first-order valence-electron chi connectivity index (χ1n) is 5.07. The molecule has 0 aliphatic carbocycles. The van der Waals surface area contributed by atoms with Gasteiger partial charge in [0.05, 0.1) is 27.1 Å². The van der Waals surface area contributed by atoms with E-state index >= 15 is 0 Å². The summed E-state index contributed by atoms with van der Waals surface area (Å²) in [5.41, 5.74) is 0. The summed E-state index contributed by atoms with van der Waals surface area (Å²) in [5.74, 6) is 0.742. The van der Waals surface area contributed by atoms with Gasteiger partial charge < -0.3 is 14.8 Å². The third-order valence-corrected chi connectivity index (χ3v) is 2.46. The van der Waals surface area contributed by atoms with Gasteiger partial charge in [0, 0.05) is 6.61 Å². The summed E-state index contributed by atoms with van der Waals surface area (Å²) in [4.78, 5) is 0. The Hall–Kier alpha value is -0.475. The van der Waals surface area contributed by atoms with E-state index in [9.17, 15) is 0 Å².